The van der Waals surface area contributed by atoms with E-state index >= 15 is 0 Å². The van der Waals surface area contributed by atoms with Crippen molar-refractivity contribution in [3.63, 3.8) is 0 Å². The average Bonchev–Trinajstić information content (AvgIpc) is 2.97. The third kappa shape index (κ3) is 2.80. The maximum Gasteiger partial charge on any atom is 0.237 e. The molecule has 4 bridgehead atoms. The lowest BCUT2D eigenvalue weighted by molar-refractivity contribution is -0.129. The Kier molecular flexibility index (Phi) is 4.09. The van der Waals surface area contributed by atoms with Crippen LogP contribution in [0.2, 0.25) is 0 Å². The first-order valence-electron chi connectivity index (χ1n) is 10.5. The van der Waals surface area contributed by atoms with Crippen molar-refractivity contribution in [3.8, 4) is 0 Å². The number of hydrogen-bond donors (Lipinski definition) is 1. The number of carbonyl (C=O) groups is 1. The minimum atomic E-state index is 0.156. The molecule has 0 aromatic rings. The molecule has 134 valence electrons. The zero-order chi connectivity index (χ0) is 16.1. The third-order valence-electron chi connectivity index (χ3n) is 7.85. The quantitative estimate of drug-likeness (QED) is 0.838. The van der Waals surface area contributed by atoms with Crippen molar-refractivity contribution in [2.45, 2.75) is 63.5 Å². The summed E-state index contributed by atoms with van der Waals surface area (Å²) in [5.74, 6) is 3.91. The van der Waals surface area contributed by atoms with Crippen molar-refractivity contribution >= 4 is 5.91 Å². The third-order valence-corrected chi connectivity index (χ3v) is 7.85. The molecular weight excluding hydrogens is 298 g/mol. The summed E-state index contributed by atoms with van der Waals surface area (Å²) in [6.07, 6.45) is 10.7. The summed E-state index contributed by atoms with van der Waals surface area (Å²) < 4.78 is 0. The van der Waals surface area contributed by atoms with Crippen LogP contribution in [0.5, 0.6) is 0 Å². The predicted molar refractivity (Wildman–Crippen MR) is 94.6 cm³/mol. The van der Waals surface area contributed by atoms with Crippen LogP contribution in [-0.2, 0) is 4.79 Å². The molecule has 4 aliphatic carbocycles. The largest absolute Gasteiger partial charge is 0.351 e. The SMILES string of the molecule is O=C(NC1C2CC3CC(C2)CC1C3)[C@H]1CCCN1CCN1CCC1. The van der Waals surface area contributed by atoms with Crippen molar-refractivity contribution in [1.82, 2.24) is 15.1 Å². The fraction of sp³-hybridized carbons (Fsp3) is 0.950. The molecule has 2 aliphatic heterocycles. The molecule has 24 heavy (non-hydrogen) atoms. The number of nitrogens with one attached hydrogen (secondary N) is 1. The second-order valence-corrected chi connectivity index (χ2v) is 9.35. The Balaban J connectivity index is 1.18. The maximum absolute atomic E-state index is 13.0. The van der Waals surface area contributed by atoms with Crippen LogP contribution in [0.1, 0.15) is 51.4 Å². The van der Waals surface area contributed by atoms with Gasteiger partial charge in [-0.15, -0.1) is 0 Å². The standard InChI is InChI=1S/C20H33N3O/c24-20(18-3-1-6-23(18)8-7-22-4-2-5-22)21-19-16-10-14-9-15(12-16)13-17(19)11-14/h14-19H,1-13H2,(H,21,24)/t14?,15?,16?,17?,18-,19?/m1/s1. The van der Waals surface area contributed by atoms with Gasteiger partial charge in [0.2, 0.25) is 5.91 Å². The Morgan fingerprint density at radius 3 is 2.21 bits per heavy atom. The van der Waals surface area contributed by atoms with Gasteiger partial charge in [-0.05, 0) is 94.7 Å². The van der Waals surface area contributed by atoms with Gasteiger partial charge in [-0.3, -0.25) is 9.69 Å². The van der Waals surface area contributed by atoms with Gasteiger partial charge in [0.1, 0.15) is 0 Å². The van der Waals surface area contributed by atoms with Gasteiger partial charge in [-0.1, -0.05) is 0 Å². The molecule has 1 atom stereocenters. The number of likely N-dealkylation sites (tertiary alicyclic amines) is 2. The lowest BCUT2D eigenvalue weighted by Crippen LogP contribution is -2.58. The highest BCUT2D eigenvalue weighted by Crippen LogP contribution is 2.53. The van der Waals surface area contributed by atoms with Gasteiger partial charge < -0.3 is 10.2 Å². The van der Waals surface area contributed by atoms with Gasteiger partial charge in [-0.25, -0.2) is 0 Å². The molecule has 6 rings (SSSR count). The Morgan fingerprint density at radius 2 is 1.58 bits per heavy atom. The van der Waals surface area contributed by atoms with Crippen LogP contribution in [0.3, 0.4) is 0 Å². The van der Waals surface area contributed by atoms with E-state index in [1.165, 1.54) is 58.0 Å². The van der Waals surface area contributed by atoms with E-state index < -0.39 is 0 Å². The minimum Gasteiger partial charge on any atom is -0.351 e. The van der Waals surface area contributed by atoms with Gasteiger partial charge in [0, 0.05) is 19.1 Å². The number of nitrogens with zero attached hydrogens (tertiary/aromatic N) is 2. The number of rotatable bonds is 5. The molecule has 1 amide bonds. The Hall–Kier alpha value is -0.610. The van der Waals surface area contributed by atoms with Crippen molar-refractivity contribution in [1.29, 1.82) is 0 Å². The molecule has 1 N–H and O–H groups in total. The van der Waals surface area contributed by atoms with E-state index in [2.05, 4.69) is 15.1 Å². The zero-order valence-corrected chi connectivity index (χ0v) is 15.0. The van der Waals surface area contributed by atoms with E-state index in [4.69, 9.17) is 0 Å². The Morgan fingerprint density at radius 1 is 0.875 bits per heavy atom. The second kappa shape index (κ2) is 6.28. The van der Waals surface area contributed by atoms with Crippen LogP contribution >= 0.6 is 0 Å². The summed E-state index contributed by atoms with van der Waals surface area (Å²) in [4.78, 5) is 18.0. The molecule has 0 aromatic heterocycles. The fourth-order valence-corrected chi connectivity index (χ4v) is 6.69. The highest BCUT2D eigenvalue weighted by atomic mass is 16.2. The molecule has 2 heterocycles. The summed E-state index contributed by atoms with van der Waals surface area (Å²) in [7, 11) is 0. The summed E-state index contributed by atoms with van der Waals surface area (Å²) in [6, 6.07) is 0.659. The van der Waals surface area contributed by atoms with E-state index in [1.807, 2.05) is 0 Å². The lowest BCUT2D eigenvalue weighted by Gasteiger charge is -2.54. The van der Waals surface area contributed by atoms with E-state index in [-0.39, 0.29) is 6.04 Å². The van der Waals surface area contributed by atoms with E-state index in [0.717, 1.165) is 49.7 Å². The normalized spacial score (nSPS) is 44.7. The van der Waals surface area contributed by atoms with Crippen molar-refractivity contribution < 1.29 is 4.79 Å². The molecule has 6 fully saturated rings. The van der Waals surface area contributed by atoms with Crippen molar-refractivity contribution in [2.75, 3.05) is 32.7 Å². The summed E-state index contributed by atoms with van der Waals surface area (Å²) >= 11 is 0. The van der Waals surface area contributed by atoms with Crippen molar-refractivity contribution in [2.24, 2.45) is 23.7 Å². The minimum absolute atomic E-state index is 0.156. The van der Waals surface area contributed by atoms with Gasteiger partial charge >= 0.3 is 0 Å². The molecule has 4 nitrogen and oxygen atoms in total. The number of carbonyl (C=O) groups excluding carboxylic acids is 1. The first kappa shape index (κ1) is 15.6. The molecule has 0 radical (unpaired) electrons. The van der Waals surface area contributed by atoms with Gasteiger partial charge in [0.25, 0.3) is 0 Å². The van der Waals surface area contributed by atoms with Crippen LogP contribution in [0, 0.1) is 23.7 Å². The van der Waals surface area contributed by atoms with Gasteiger partial charge in [0.15, 0.2) is 0 Å². The fourth-order valence-electron chi connectivity index (χ4n) is 6.69. The van der Waals surface area contributed by atoms with Crippen molar-refractivity contribution in [3.05, 3.63) is 0 Å². The smallest absolute Gasteiger partial charge is 0.237 e. The van der Waals surface area contributed by atoms with E-state index in [0.29, 0.717) is 11.9 Å². The van der Waals surface area contributed by atoms with Gasteiger partial charge in [-0.2, -0.15) is 0 Å². The molecule has 6 aliphatic rings. The van der Waals surface area contributed by atoms with E-state index in [1.54, 1.807) is 0 Å². The van der Waals surface area contributed by atoms with E-state index in [9.17, 15) is 4.79 Å². The molecule has 2 saturated heterocycles. The second-order valence-electron chi connectivity index (χ2n) is 9.35. The first-order valence-corrected chi connectivity index (χ1v) is 10.5. The summed E-state index contributed by atoms with van der Waals surface area (Å²) in [5, 5.41) is 3.56. The first-order chi connectivity index (χ1) is 11.8. The summed E-state index contributed by atoms with van der Waals surface area (Å²) in [5.41, 5.74) is 0. The molecule has 4 saturated carbocycles. The molecule has 4 heteroatoms. The maximum atomic E-state index is 13.0. The van der Waals surface area contributed by atoms with Crippen LogP contribution in [0.15, 0.2) is 0 Å². The van der Waals surface area contributed by atoms with Crippen LogP contribution in [0.25, 0.3) is 0 Å². The molecule has 0 aromatic carbocycles. The zero-order valence-electron chi connectivity index (χ0n) is 15.0. The highest BCUT2D eigenvalue weighted by Gasteiger charge is 2.49. The number of amides is 1. The topological polar surface area (TPSA) is 35.6 Å². The monoisotopic (exact) mass is 331 g/mol. The predicted octanol–water partition coefficient (Wildman–Crippen LogP) is 2.10. The van der Waals surface area contributed by atoms with Crippen LogP contribution < -0.4 is 5.32 Å². The molecule has 0 spiro atoms. The van der Waals surface area contributed by atoms with Crippen LogP contribution in [-0.4, -0.2) is 60.5 Å². The van der Waals surface area contributed by atoms with Crippen LogP contribution in [0.4, 0.5) is 0 Å². The Bertz CT molecular complexity index is 461. The lowest BCUT2D eigenvalue weighted by atomic mass is 9.54. The van der Waals surface area contributed by atoms with Gasteiger partial charge in [0.05, 0.1) is 6.04 Å². The Labute approximate surface area is 146 Å². The molecule has 0 unspecified atom stereocenters. The molecular formula is C20H33N3O. The highest BCUT2D eigenvalue weighted by molar-refractivity contribution is 5.82. The summed E-state index contributed by atoms with van der Waals surface area (Å²) in [6.45, 7) is 5.88. The average molecular weight is 332 g/mol. The number of hydrogen-bond acceptors (Lipinski definition) is 3.